The second-order valence-corrected chi connectivity index (χ2v) is 6.06. The van der Waals surface area contributed by atoms with E-state index in [9.17, 15) is 4.79 Å². The van der Waals surface area contributed by atoms with Gasteiger partial charge in [-0.2, -0.15) is 0 Å². The minimum Gasteiger partial charge on any atom is -0.382 e. The zero-order chi connectivity index (χ0) is 16.2. The maximum absolute atomic E-state index is 12.9. The van der Waals surface area contributed by atoms with Crippen LogP contribution >= 0.6 is 0 Å². The quantitative estimate of drug-likeness (QED) is 0.940. The molecule has 2 aromatic carbocycles. The fraction of sp³-hybridized carbons (Fsp3) is 0.316. The predicted molar refractivity (Wildman–Crippen MR) is 96.2 cm³/mol. The molecule has 0 saturated heterocycles. The lowest BCUT2D eigenvalue weighted by molar-refractivity contribution is -0.117. The number of rotatable bonds is 4. The maximum atomic E-state index is 12.9. The summed E-state index contributed by atoms with van der Waals surface area (Å²) in [6.07, 6.45) is 0. The van der Waals surface area contributed by atoms with Crippen LogP contribution in [-0.2, 0) is 4.79 Å². The number of amides is 1. The van der Waals surface area contributed by atoms with Crippen molar-refractivity contribution in [3.8, 4) is 0 Å². The van der Waals surface area contributed by atoms with Gasteiger partial charge in [0.2, 0.25) is 5.91 Å². The average molecular weight is 309 g/mol. The van der Waals surface area contributed by atoms with E-state index in [2.05, 4.69) is 36.2 Å². The molecular weight excluding hydrogens is 286 g/mol. The fourth-order valence-corrected chi connectivity index (χ4v) is 3.07. The normalized spacial score (nSPS) is 13.4. The highest BCUT2D eigenvalue weighted by molar-refractivity contribution is 5.97. The number of para-hydroxylation sites is 3. The molecule has 0 aromatic heterocycles. The van der Waals surface area contributed by atoms with Gasteiger partial charge in [0.05, 0.1) is 17.9 Å². The summed E-state index contributed by atoms with van der Waals surface area (Å²) >= 11 is 0. The van der Waals surface area contributed by atoms with Crippen LogP contribution < -0.4 is 15.1 Å². The maximum Gasteiger partial charge on any atom is 0.246 e. The monoisotopic (exact) mass is 309 g/mol. The van der Waals surface area contributed by atoms with E-state index in [1.54, 1.807) is 0 Å². The van der Waals surface area contributed by atoms with Gasteiger partial charge in [-0.05, 0) is 38.1 Å². The second kappa shape index (κ2) is 6.73. The molecule has 0 spiro atoms. The van der Waals surface area contributed by atoms with Crippen LogP contribution in [-0.4, -0.2) is 31.6 Å². The third kappa shape index (κ3) is 3.31. The van der Waals surface area contributed by atoms with Crippen LogP contribution in [0.4, 0.5) is 17.1 Å². The van der Waals surface area contributed by atoms with E-state index in [4.69, 9.17) is 0 Å². The van der Waals surface area contributed by atoms with Crippen molar-refractivity contribution in [2.45, 2.75) is 19.9 Å². The topological polar surface area (TPSA) is 35.6 Å². The number of nitrogens with one attached hydrogen (secondary N) is 1. The van der Waals surface area contributed by atoms with Gasteiger partial charge >= 0.3 is 0 Å². The summed E-state index contributed by atoms with van der Waals surface area (Å²) < 4.78 is 0. The van der Waals surface area contributed by atoms with Gasteiger partial charge in [0, 0.05) is 24.8 Å². The minimum absolute atomic E-state index is 0.128. The number of nitrogens with zero attached hydrogens (tertiary/aromatic N) is 2. The van der Waals surface area contributed by atoms with Crippen LogP contribution in [0.3, 0.4) is 0 Å². The Kier molecular flexibility index (Phi) is 4.51. The first-order valence-corrected chi connectivity index (χ1v) is 8.12. The van der Waals surface area contributed by atoms with E-state index >= 15 is 0 Å². The summed E-state index contributed by atoms with van der Waals surface area (Å²) in [5.41, 5.74) is 3.15. The Bertz CT molecular complexity index is 669. The summed E-state index contributed by atoms with van der Waals surface area (Å²) in [7, 11) is 0. The first kappa shape index (κ1) is 15.4. The van der Waals surface area contributed by atoms with Gasteiger partial charge in [0.25, 0.3) is 0 Å². The molecule has 3 rings (SSSR count). The Morgan fingerprint density at radius 3 is 2.57 bits per heavy atom. The van der Waals surface area contributed by atoms with Crippen molar-refractivity contribution in [1.29, 1.82) is 0 Å². The van der Waals surface area contributed by atoms with Crippen LogP contribution in [0.1, 0.15) is 13.8 Å². The molecule has 0 aliphatic carbocycles. The third-order valence-electron chi connectivity index (χ3n) is 4.09. The lowest BCUT2D eigenvalue weighted by atomic mass is 10.2. The van der Waals surface area contributed by atoms with Gasteiger partial charge in [0.15, 0.2) is 0 Å². The lowest BCUT2D eigenvalue weighted by Gasteiger charge is -2.34. The molecule has 2 aromatic rings. The Morgan fingerprint density at radius 2 is 1.83 bits per heavy atom. The molecule has 4 heteroatoms. The number of carbonyl (C=O) groups is 1. The minimum atomic E-state index is 0.128. The Balaban J connectivity index is 1.81. The molecule has 0 atom stereocenters. The molecule has 1 aliphatic heterocycles. The Labute approximate surface area is 137 Å². The molecule has 23 heavy (non-hydrogen) atoms. The van der Waals surface area contributed by atoms with Crippen molar-refractivity contribution < 1.29 is 4.79 Å². The predicted octanol–water partition coefficient (Wildman–Crippen LogP) is 3.36. The average Bonchev–Trinajstić information content (AvgIpc) is 2.56. The van der Waals surface area contributed by atoms with E-state index in [-0.39, 0.29) is 11.9 Å². The van der Waals surface area contributed by atoms with Crippen LogP contribution in [0.2, 0.25) is 0 Å². The van der Waals surface area contributed by atoms with Gasteiger partial charge in [-0.25, -0.2) is 0 Å². The van der Waals surface area contributed by atoms with Crippen molar-refractivity contribution in [1.82, 2.24) is 0 Å². The van der Waals surface area contributed by atoms with E-state index in [0.29, 0.717) is 6.54 Å². The highest BCUT2D eigenvalue weighted by Gasteiger charge is 2.24. The number of benzene rings is 2. The Hall–Kier alpha value is -2.49. The van der Waals surface area contributed by atoms with E-state index < -0.39 is 0 Å². The molecule has 1 N–H and O–H groups in total. The van der Waals surface area contributed by atoms with E-state index in [1.165, 1.54) is 0 Å². The molecule has 0 radical (unpaired) electrons. The van der Waals surface area contributed by atoms with Gasteiger partial charge in [-0.3, -0.25) is 4.79 Å². The fourth-order valence-electron chi connectivity index (χ4n) is 3.07. The van der Waals surface area contributed by atoms with Crippen molar-refractivity contribution in [3.05, 3.63) is 54.6 Å². The molecule has 4 nitrogen and oxygen atoms in total. The summed E-state index contributed by atoms with van der Waals surface area (Å²) in [6.45, 7) is 6.19. The van der Waals surface area contributed by atoms with Gasteiger partial charge in [0.1, 0.15) is 0 Å². The summed E-state index contributed by atoms with van der Waals surface area (Å²) in [4.78, 5) is 17.0. The number of hydrogen-bond donors (Lipinski definition) is 1. The molecular formula is C19H23N3O. The van der Waals surface area contributed by atoms with Gasteiger partial charge in [-0.1, -0.05) is 30.3 Å². The summed E-state index contributed by atoms with van der Waals surface area (Å²) in [6, 6.07) is 18.2. The van der Waals surface area contributed by atoms with Crippen molar-refractivity contribution >= 4 is 23.0 Å². The first-order chi connectivity index (χ1) is 11.2. The van der Waals surface area contributed by atoms with Gasteiger partial charge < -0.3 is 15.1 Å². The first-order valence-electron chi connectivity index (χ1n) is 8.12. The number of hydrogen-bond acceptors (Lipinski definition) is 3. The molecule has 0 unspecified atom stereocenters. The van der Waals surface area contributed by atoms with Crippen LogP contribution in [0.15, 0.2) is 54.6 Å². The molecule has 1 heterocycles. The lowest BCUT2D eigenvalue weighted by Crippen LogP contribution is -2.46. The van der Waals surface area contributed by atoms with Gasteiger partial charge in [-0.15, -0.1) is 0 Å². The van der Waals surface area contributed by atoms with Crippen molar-refractivity contribution in [2.24, 2.45) is 0 Å². The zero-order valence-electron chi connectivity index (χ0n) is 13.7. The second-order valence-electron chi connectivity index (χ2n) is 6.06. The molecule has 1 amide bonds. The standard InChI is InChI=1S/C19H23N3O/c1-15(2)22(16-8-4-3-5-9-16)19(23)14-21-13-12-20-17-10-6-7-11-18(17)21/h3-11,15,20H,12-14H2,1-2H3. The van der Waals surface area contributed by atoms with Crippen LogP contribution in [0.25, 0.3) is 0 Å². The molecule has 1 aliphatic rings. The SMILES string of the molecule is CC(C)N(C(=O)CN1CCNc2ccccc21)c1ccccc1. The molecule has 0 bridgehead atoms. The van der Waals surface area contributed by atoms with Crippen LogP contribution in [0.5, 0.6) is 0 Å². The molecule has 0 saturated carbocycles. The summed E-state index contributed by atoms with van der Waals surface area (Å²) in [5.74, 6) is 0.128. The van der Waals surface area contributed by atoms with E-state index in [1.807, 2.05) is 47.4 Å². The zero-order valence-corrected chi connectivity index (χ0v) is 13.7. The number of anilines is 3. The van der Waals surface area contributed by atoms with Crippen LogP contribution in [0, 0.1) is 0 Å². The van der Waals surface area contributed by atoms with E-state index in [0.717, 1.165) is 30.2 Å². The highest BCUT2D eigenvalue weighted by Crippen LogP contribution is 2.28. The number of fused-ring (bicyclic) bond motifs is 1. The molecule has 0 fully saturated rings. The largest absolute Gasteiger partial charge is 0.382 e. The van der Waals surface area contributed by atoms with Crippen molar-refractivity contribution in [2.75, 3.05) is 34.8 Å². The van der Waals surface area contributed by atoms with Crippen molar-refractivity contribution in [3.63, 3.8) is 0 Å². The Morgan fingerprint density at radius 1 is 1.13 bits per heavy atom. The highest BCUT2D eigenvalue weighted by atomic mass is 16.2. The smallest absolute Gasteiger partial charge is 0.246 e. The molecule has 120 valence electrons. The number of carbonyl (C=O) groups excluding carboxylic acids is 1. The third-order valence-corrected chi connectivity index (χ3v) is 4.09. The summed E-state index contributed by atoms with van der Waals surface area (Å²) in [5, 5.41) is 3.38.